The number of thiazole rings is 1. The van der Waals surface area contributed by atoms with Gasteiger partial charge in [-0.1, -0.05) is 45.5 Å². The van der Waals surface area contributed by atoms with Crippen LogP contribution in [0, 0.1) is 6.92 Å². The number of furan rings is 1. The molecule has 194 valence electrons. The monoisotopic (exact) mass is 608 g/mol. The van der Waals surface area contributed by atoms with Crippen LogP contribution in [-0.2, 0) is 9.53 Å². The smallest absolute Gasteiger partial charge is 0.338 e. The lowest BCUT2D eigenvalue weighted by atomic mass is 9.96. The van der Waals surface area contributed by atoms with Gasteiger partial charge in [0.05, 0.1) is 28.5 Å². The lowest BCUT2D eigenvalue weighted by Gasteiger charge is -2.24. The number of aryl methyl sites for hydroxylation is 1. The van der Waals surface area contributed by atoms with Crippen LogP contribution >= 0.6 is 39.0 Å². The van der Waals surface area contributed by atoms with E-state index in [9.17, 15) is 9.59 Å². The standard InChI is InChI=1S/C29H25BrN2O4S2/c1-5-35-28(34)25-17(3)31-29-32(26(25)18-7-10-20(37-4)11-8-18)27(33)24(38-29)15-19-9-13-23(36-19)21-12-6-16(2)14-22(21)30/h6-15,26H,5H2,1-4H3/b24-15-. The Morgan fingerprint density at radius 3 is 2.63 bits per heavy atom. The van der Waals surface area contributed by atoms with Gasteiger partial charge >= 0.3 is 5.97 Å². The van der Waals surface area contributed by atoms with E-state index < -0.39 is 12.0 Å². The van der Waals surface area contributed by atoms with Gasteiger partial charge in [0.25, 0.3) is 5.56 Å². The molecule has 0 bridgehead atoms. The Morgan fingerprint density at radius 2 is 1.95 bits per heavy atom. The van der Waals surface area contributed by atoms with Gasteiger partial charge in [-0.3, -0.25) is 9.36 Å². The Bertz CT molecular complexity index is 1750. The highest BCUT2D eigenvalue weighted by Crippen LogP contribution is 2.32. The molecule has 6 nitrogen and oxygen atoms in total. The summed E-state index contributed by atoms with van der Waals surface area (Å²) in [6.45, 7) is 5.81. The van der Waals surface area contributed by atoms with Crippen LogP contribution in [-0.4, -0.2) is 23.4 Å². The number of halogens is 1. The zero-order valence-electron chi connectivity index (χ0n) is 21.3. The minimum atomic E-state index is -0.640. The van der Waals surface area contributed by atoms with E-state index in [4.69, 9.17) is 9.15 Å². The number of thioether (sulfide) groups is 1. The Balaban J connectivity index is 1.63. The highest BCUT2D eigenvalue weighted by molar-refractivity contribution is 9.10. The summed E-state index contributed by atoms with van der Waals surface area (Å²) in [6.07, 6.45) is 3.73. The molecule has 4 aromatic rings. The molecule has 0 fully saturated rings. The second-order valence-corrected chi connectivity index (χ2v) is 11.5. The Hall–Kier alpha value is -3.14. The molecule has 0 aliphatic carbocycles. The SMILES string of the molecule is CCOC(=O)C1=C(C)N=c2s/c(=C\c3ccc(-c4ccc(C)cc4Br)o3)c(=O)n2C1c1ccc(SC)cc1. The lowest BCUT2D eigenvalue weighted by molar-refractivity contribution is -0.139. The minimum Gasteiger partial charge on any atom is -0.463 e. The molecule has 0 radical (unpaired) electrons. The molecule has 2 aromatic heterocycles. The van der Waals surface area contributed by atoms with E-state index in [0.717, 1.165) is 26.1 Å². The zero-order chi connectivity index (χ0) is 27.0. The van der Waals surface area contributed by atoms with Crippen molar-refractivity contribution in [3.8, 4) is 11.3 Å². The molecular weight excluding hydrogens is 584 g/mol. The van der Waals surface area contributed by atoms with Crippen molar-refractivity contribution < 1.29 is 13.9 Å². The van der Waals surface area contributed by atoms with Crippen LogP contribution in [0.3, 0.4) is 0 Å². The van der Waals surface area contributed by atoms with Crippen molar-refractivity contribution in [3.05, 3.63) is 107 Å². The van der Waals surface area contributed by atoms with Crippen LogP contribution in [0.15, 0.2) is 89.4 Å². The van der Waals surface area contributed by atoms with Crippen LogP contribution in [0.1, 0.15) is 36.8 Å². The number of nitrogens with zero attached hydrogens (tertiary/aromatic N) is 2. The number of aromatic nitrogens is 1. The van der Waals surface area contributed by atoms with E-state index in [0.29, 0.717) is 32.1 Å². The van der Waals surface area contributed by atoms with Gasteiger partial charge in [0, 0.05) is 21.0 Å². The number of benzene rings is 2. The predicted molar refractivity (Wildman–Crippen MR) is 155 cm³/mol. The van der Waals surface area contributed by atoms with Crippen molar-refractivity contribution in [3.63, 3.8) is 0 Å². The number of esters is 1. The predicted octanol–water partition coefficient (Wildman–Crippen LogP) is 5.85. The number of fused-ring (bicyclic) bond motifs is 1. The minimum absolute atomic E-state index is 0.232. The molecule has 3 heterocycles. The van der Waals surface area contributed by atoms with E-state index in [1.54, 1.807) is 36.3 Å². The second kappa shape index (κ2) is 10.9. The zero-order valence-corrected chi connectivity index (χ0v) is 24.5. The van der Waals surface area contributed by atoms with Gasteiger partial charge in [0.15, 0.2) is 4.80 Å². The fourth-order valence-corrected chi connectivity index (χ4v) is 6.54. The summed E-state index contributed by atoms with van der Waals surface area (Å²) in [5, 5.41) is 0. The molecule has 0 saturated carbocycles. The first-order valence-corrected chi connectivity index (χ1v) is 14.8. The molecule has 38 heavy (non-hydrogen) atoms. The third-order valence-corrected chi connectivity index (χ3v) is 8.62. The van der Waals surface area contributed by atoms with Crippen molar-refractivity contribution in [2.45, 2.75) is 31.7 Å². The summed E-state index contributed by atoms with van der Waals surface area (Å²) in [5.41, 5.74) is 3.56. The van der Waals surface area contributed by atoms with Crippen molar-refractivity contribution in [1.82, 2.24) is 4.57 Å². The fraction of sp³-hybridized carbons (Fsp3) is 0.207. The van der Waals surface area contributed by atoms with Crippen LogP contribution in [0.4, 0.5) is 0 Å². The fourth-order valence-electron chi connectivity index (χ4n) is 4.42. The second-order valence-electron chi connectivity index (χ2n) is 8.76. The number of ether oxygens (including phenoxy) is 1. The van der Waals surface area contributed by atoms with Crippen molar-refractivity contribution in [2.75, 3.05) is 12.9 Å². The Kier molecular flexibility index (Phi) is 7.61. The molecule has 1 aliphatic heterocycles. The highest BCUT2D eigenvalue weighted by Gasteiger charge is 2.33. The van der Waals surface area contributed by atoms with Crippen molar-refractivity contribution >= 4 is 51.1 Å². The average Bonchev–Trinajstić information content (AvgIpc) is 3.47. The van der Waals surface area contributed by atoms with Crippen LogP contribution in [0.25, 0.3) is 17.4 Å². The first-order valence-electron chi connectivity index (χ1n) is 12.0. The topological polar surface area (TPSA) is 73.8 Å². The number of hydrogen-bond acceptors (Lipinski definition) is 7. The summed E-state index contributed by atoms with van der Waals surface area (Å²) in [6, 6.07) is 17.0. The molecule has 0 spiro atoms. The number of hydrogen-bond donors (Lipinski definition) is 0. The summed E-state index contributed by atoms with van der Waals surface area (Å²) in [4.78, 5) is 33.1. The maximum absolute atomic E-state index is 13.8. The van der Waals surface area contributed by atoms with Gasteiger partial charge in [-0.2, -0.15) is 0 Å². The molecule has 0 amide bonds. The number of rotatable bonds is 6. The van der Waals surface area contributed by atoms with Crippen LogP contribution in [0.5, 0.6) is 0 Å². The maximum atomic E-state index is 13.8. The molecule has 1 atom stereocenters. The Labute approximate surface area is 236 Å². The van der Waals surface area contributed by atoms with Crippen molar-refractivity contribution in [1.29, 1.82) is 0 Å². The molecule has 0 N–H and O–H groups in total. The molecule has 0 saturated heterocycles. The molecule has 5 rings (SSSR count). The summed E-state index contributed by atoms with van der Waals surface area (Å²) in [5.74, 6) is 0.782. The number of carbonyl (C=O) groups excluding carboxylic acids is 1. The van der Waals surface area contributed by atoms with E-state index in [1.165, 1.54) is 11.3 Å². The van der Waals surface area contributed by atoms with E-state index in [1.807, 2.05) is 67.8 Å². The van der Waals surface area contributed by atoms with Gasteiger partial charge in [-0.25, -0.2) is 9.79 Å². The van der Waals surface area contributed by atoms with Gasteiger partial charge < -0.3 is 9.15 Å². The third kappa shape index (κ3) is 4.98. The van der Waals surface area contributed by atoms with Gasteiger partial charge in [0.1, 0.15) is 11.5 Å². The molecule has 9 heteroatoms. The van der Waals surface area contributed by atoms with Crippen molar-refractivity contribution in [2.24, 2.45) is 4.99 Å². The third-order valence-electron chi connectivity index (χ3n) is 6.24. The van der Waals surface area contributed by atoms with E-state index in [-0.39, 0.29) is 12.2 Å². The van der Waals surface area contributed by atoms with Crippen LogP contribution < -0.4 is 14.9 Å². The molecule has 1 aliphatic rings. The summed E-state index contributed by atoms with van der Waals surface area (Å²) < 4.78 is 14.4. The highest BCUT2D eigenvalue weighted by atomic mass is 79.9. The summed E-state index contributed by atoms with van der Waals surface area (Å²) >= 11 is 6.51. The first kappa shape index (κ1) is 26.5. The largest absolute Gasteiger partial charge is 0.463 e. The van der Waals surface area contributed by atoms with E-state index in [2.05, 4.69) is 20.9 Å². The van der Waals surface area contributed by atoms with E-state index >= 15 is 0 Å². The molecule has 2 aromatic carbocycles. The van der Waals surface area contributed by atoms with Gasteiger partial charge in [-0.15, -0.1) is 11.8 Å². The number of carbonyl (C=O) groups is 1. The maximum Gasteiger partial charge on any atom is 0.338 e. The van der Waals surface area contributed by atoms with Crippen LogP contribution in [0.2, 0.25) is 0 Å². The normalized spacial score (nSPS) is 15.4. The summed E-state index contributed by atoms with van der Waals surface area (Å²) in [7, 11) is 0. The van der Waals surface area contributed by atoms with Gasteiger partial charge in [-0.05, 0) is 74.6 Å². The quantitative estimate of drug-likeness (QED) is 0.203. The first-order chi connectivity index (χ1) is 18.3. The molecular formula is C29H25BrN2O4S2. The van der Waals surface area contributed by atoms with Gasteiger partial charge in [0.2, 0.25) is 0 Å². The Morgan fingerprint density at radius 1 is 1.18 bits per heavy atom. The molecule has 1 unspecified atom stereocenters. The number of allylic oxidation sites excluding steroid dienone is 1. The lowest BCUT2D eigenvalue weighted by Crippen LogP contribution is -2.39. The average molecular weight is 610 g/mol.